The molecule has 0 aliphatic heterocycles. The summed E-state index contributed by atoms with van der Waals surface area (Å²) in [5.74, 6) is 0.151. The van der Waals surface area contributed by atoms with Crippen molar-refractivity contribution in [3.63, 3.8) is 0 Å². The van der Waals surface area contributed by atoms with Crippen LogP contribution in [0.4, 0.5) is 5.13 Å². The molecule has 0 fully saturated rings. The zero-order chi connectivity index (χ0) is 14.4. The Kier molecular flexibility index (Phi) is 5.20. The zero-order valence-electron chi connectivity index (χ0n) is 11.5. The molecule has 106 valence electrons. The maximum Gasteiger partial charge on any atom is 0.252 e. The SMILES string of the molecule is COCC(=O)Nc1nnc(CC(C)c2ccccc2)s1. The molecule has 1 aromatic carbocycles. The van der Waals surface area contributed by atoms with E-state index >= 15 is 0 Å². The number of rotatable bonds is 6. The molecule has 1 N–H and O–H groups in total. The lowest BCUT2D eigenvalue weighted by molar-refractivity contribution is -0.119. The van der Waals surface area contributed by atoms with Gasteiger partial charge < -0.3 is 4.74 Å². The predicted octanol–water partition coefficient (Wildman–Crippen LogP) is 2.47. The van der Waals surface area contributed by atoms with Crippen molar-refractivity contribution < 1.29 is 9.53 Å². The van der Waals surface area contributed by atoms with E-state index in [-0.39, 0.29) is 12.5 Å². The minimum absolute atomic E-state index is 0.0231. The number of carbonyl (C=O) groups excluding carboxylic acids is 1. The monoisotopic (exact) mass is 291 g/mol. The van der Waals surface area contributed by atoms with E-state index < -0.39 is 0 Å². The number of hydrogen-bond donors (Lipinski definition) is 1. The Morgan fingerprint density at radius 2 is 2.10 bits per heavy atom. The Bertz CT molecular complexity index is 557. The molecule has 1 atom stereocenters. The van der Waals surface area contributed by atoms with Gasteiger partial charge in [-0.2, -0.15) is 0 Å². The van der Waals surface area contributed by atoms with Crippen LogP contribution in [-0.2, 0) is 16.0 Å². The first-order chi connectivity index (χ1) is 9.69. The first-order valence-electron chi connectivity index (χ1n) is 6.35. The number of anilines is 1. The van der Waals surface area contributed by atoms with Crippen molar-refractivity contribution in [3.05, 3.63) is 40.9 Å². The van der Waals surface area contributed by atoms with Crippen molar-refractivity contribution in [3.8, 4) is 0 Å². The largest absolute Gasteiger partial charge is 0.375 e. The molecule has 1 amide bonds. The van der Waals surface area contributed by atoms with Crippen LogP contribution in [-0.4, -0.2) is 29.8 Å². The van der Waals surface area contributed by atoms with Gasteiger partial charge in [-0.25, -0.2) is 0 Å². The quantitative estimate of drug-likeness (QED) is 0.888. The Morgan fingerprint density at radius 1 is 1.35 bits per heavy atom. The van der Waals surface area contributed by atoms with Gasteiger partial charge in [-0.15, -0.1) is 10.2 Å². The molecule has 6 heteroatoms. The summed E-state index contributed by atoms with van der Waals surface area (Å²) in [5, 5.41) is 12.2. The second-order valence-electron chi connectivity index (χ2n) is 4.50. The molecule has 0 saturated carbocycles. The van der Waals surface area contributed by atoms with Crippen LogP contribution in [0.25, 0.3) is 0 Å². The highest BCUT2D eigenvalue weighted by Crippen LogP contribution is 2.23. The molecule has 2 aromatic rings. The number of hydrogen-bond acceptors (Lipinski definition) is 5. The van der Waals surface area contributed by atoms with E-state index in [9.17, 15) is 4.79 Å². The molecule has 20 heavy (non-hydrogen) atoms. The number of benzene rings is 1. The number of amides is 1. The summed E-state index contributed by atoms with van der Waals surface area (Å²) in [6.07, 6.45) is 0.807. The minimum Gasteiger partial charge on any atom is -0.375 e. The second-order valence-corrected chi connectivity index (χ2v) is 5.56. The van der Waals surface area contributed by atoms with Crippen LogP contribution in [0.15, 0.2) is 30.3 Å². The van der Waals surface area contributed by atoms with E-state index in [1.807, 2.05) is 18.2 Å². The Labute approximate surface area is 122 Å². The highest BCUT2D eigenvalue weighted by Gasteiger charge is 2.12. The maximum absolute atomic E-state index is 11.4. The molecule has 0 spiro atoms. The van der Waals surface area contributed by atoms with Gasteiger partial charge in [-0.05, 0) is 11.5 Å². The molecule has 0 radical (unpaired) electrons. The van der Waals surface area contributed by atoms with E-state index in [2.05, 4.69) is 34.6 Å². The fourth-order valence-corrected chi connectivity index (χ4v) is 2.72. The Morgan fingerprint density at radius 3 is 2.80 bits per heavy atom. The lowest BCUT2D eigenvalue weighted by Crippen LogP contribution is -2.16. The molecule has 5 nitrogen and oxygen atoms in total. The van der Waals surface area contributed by atoms with Gasteiger partial charge in [0.15, 0.2) is 0 Å². The molecule has 1 aromatic heterocycles. The number of methoxy groups -OCH3 is 1. The smallest absolute Gasteiger partial charge is 0.252 e. The molecule has 0 saturated heterocycles. The van der Waals surface area contributed by atoms with Gasteiger partial charge in [0.25, 0.3) is 5.91 Å². The van der Waals surface area contributed by atoms with Crippen molar-refractivity contribution >= 4 is 22.4 Å². The summed E-state index contributed by atoms with van der Waals surface area (Å²) in [4.78, 5) is 11.4. The molecule has 0 aliphatic rings. The van der Waals surface area contributed by atoms with Crippen molar-refractivity contribution in [2.24, 2.45) is 0 Å². The fraction of sp³-hybridized carbons (Fsp3) is 0.357. The van der Waals surface area contributed by atoms with Gasteiger partial charge in [0.1, 0.15) is 11.6 Å². The average molecular weight is 291 g/mol. The maximum atomic E-state index is 11.4. The van der Waals surface area contributed by atoms with Crippen LogP contribution in [0.3, 0.4) is 0 Å². The Balaban J connectivity index is 1.94. The summed E-state index contributed by atoms with van der Waals surface area (Å²) in [5.41, 5.74) is 1.27. The van der Waals surface area contributed by atoms with E-state index in [0.29, 0.717) is 11.0 Å². The number of nitrogens with one attached hydrogen (secondary N) is 1. The highest BCUT2D eigenvalue weighted by atomic mass is 32.1. The molecular weight excluding hydrogens is 274 g/mol. The standard InChI is InChI=1S/C14H17N3O2S/c1-10(11-6-4-3-5-7-11)8-13-16-17-14(20-13)15-12(18)9-19-2/h3-7,10H,8-9H2,1-2H3,(H,15,17,18). The summed E-state index contributed by atoms with van der Waals surface area (Å²) >= 11 is 1.40. The van der Waals surface area contributed by atoms with Gasteiger partial charge in [0, 0.05) is 13.5 Å². The van der Waals surface area contributed by atoms with Crippen LogP contribution >= 0.6 is 11.3 Å². The fourth-order valence-electron chi connectivity index (χ4n) is 1.83. The van der Waals surface area contributed by atoms with Crippen LogP contribution in [0.5, 0.6) is 0 Å². The molecule has 0 bridgehead atoms. The molecule has 0 aliphatic carbocycles. The normalized spacial score (nSPS) is 12.1. The third-order valence-corrected chi connectivity index (χ3v) is 3.70. The average Bonchev–Trinajstić information content (AvgIpc) is 2.87. The number of nitrogens with zero attached hydrogens (tertiary/aromatic N) is 2. The van der Waals surface area contributed by atoms with E-state index in [1.165, 1.54) is 24.0 Å². The van der Waals surface area contributed by atoms with E-state index in [0.717, 1.165) is 11.4 Å². The third kappa shape index (κ3) is 4.11. The van der Waals surface area contributed by atoms with E-state index in [4.69, 9.17) is 4.74 Å². The summed E-state index contributed by atoms with van der Waals surface area (Å²) in [7, 11) is 1.48. The second kappa shape index (κ2) is 7.12. The van der Waals surface area contributed by atoms with Gasteiger partial charge in [0.2, 0.25) is 5.13 Å². The van der Waals surface area contributed by atoms with Crippen molar-refractivity contribution in [2.45, 2.75) is 19.3 Å². The summed E-state index contributed by atoms with van der Waals surface area (Å²) < 4.78 is 4.75. The molecule has 2 rings (SSSR count). The molecule has 1 unspecified atom stereocenters. The molecular formula is C14H17N3O2S. The van der Waals surface area contributed by atoms with Crippen molar-refractivity contribution in [2.75, 3.05) is 19.0 Å². The van der Waals surface area contributed by atoms with Crippen molar-refractivity contribution in [1.29, 1.82) is 0 Å². The number of aromatic nitrogens is 2. The predicted molar refractivity (Wildman–Crippen MR) is 79.0 cm³/mol. The van der Waals surface area contributed by atoms with Crippen LogP contribution < -0.4 is 5.32 Å². The number of carbonyl (C=O) groups is 1. The van der Waals surface area contributed by atoms with Crippen LogP contribution in [0.1, 0.15) is 23.4 Å². The van der Waals surface area contributed by atoms with E-state index in [1.54, 1.807) is 0 Å². The molecule has 1 heterocycles. The lowest BCUT2D eigenvalue weighted by Gasteiger charge is -2.08. The first kappa shape index (κ1) is 14.6. The van der Waals surface area contributed by atoms with Gasteiger partial charge in [0.05, 0.1) is 0 Å². The summed E-state index contributed by atoms with van der Waals surface area (Å²) in [6.45, 7) is 2.18. The summed E-state index contributed by atoms with van der Waals surface area (Å²) in [6, 6.07) is 10.3. The third-order valence-electron chi connectivity index (χ3n) is 2.84. The number of ether oxygens (including phenoxy) is 1. The van der Waals surface area contributed by atoms with Gasteiger partial charge >= 0.3 is 0 Å². The van der Waals surface area contributed by atoms with Crippen molar-refractivity contribution in [1.82, 2.24) is 10.2 Å². The first-order valence-corrected chi connectivity index (χ1v) is 7.17. The minimum atomic E-state index is -0.216. The van der Waals surface area contributed by atoms with Gasteiger partial charge in [-0.3, -0.25) is 10.1 Å². The van der Waals surface area contributed by atoms with Crippen LogP contribution in [0.2, 0.25) is 0 Å². The van der Waals surface area contributed by atoms with Gasteiger partial charge in [-0.1, -0.05) is 48.6 Å². The zero-order valence-corrected chi connectivity index (χ0v) is 12.3. The Hall–Kier alpha value is -1.79. The highest BCUT2D eigenvalue weighted by molar-refractivity contribution is 7.15. The lowest BCUT2D eigenvalue weighted by atomic mass is 9.98. The topological polar surface area (TPSA) is 64.1 Å². The van der Waals surface area contributed by atoms with Crippen LogP contribution in [0, 0.1) is 0 Å².